The molecule has 0 saturated heterocycles. The number of hydrogen-bond acceptors (Lipinski definition) is 4. The Hall–Kier alpha value is -1.04. The van der Waals surface area contributed by atoms with E-state index in [9.17, 15) is 0 Å². The van der Waals surface area contributed by atoms with Crippen LogP contribution in [0.15, 0.2) is 29.6 Å². The van der Waals surface area contributed by atoms with Crippen LogP contribution in [0.2, 0.25) is 0 Å². The Morgan fingerprint density at radius 2 is 2.08 bits per heavy atom. The molecule has 2 aromatic rings. The van der Waals surface area contributed by atoms with Gasteiger partial charge >= 0.3 is 7.32 Å². The minimum atomic E-state index is -1.75. The molecule has 1 aromatic carbocycles. The Balaban J connectivity index is 2.37. The number of fused-ring (bicyclic) bond motifs is 1. The lowest BCUT2D eigenvalue weighted by molar-refractivity contribution is 0.288. The number of hydrogen-bond donors (Lipinski definition) is 2. The summed E-state index contributed by atoms with van der Waals surface area (Å²) in [6.07, 6.45) is 0. The quantitative estimate of drug-likeness (QED) is 0.707. The van der Waals surface area contributed by atoms with Gasteiger partial charge in [0.2, 0.25) is 0 Å². The van der Waals surface area contributed by atoms with Crippen molar-refractivity contribution in [2.24, 2.45) is 0 Å². The molecule has 2 N–H and O–H groups in total. The number of rotatable bonds is 2. The molecule has 0 unspecified atom stereocenters. The molecule has 3 nitrogen and oxygen atoms in total. The first-order valence-electron chi connectivity index (χ1n) is 3.76. The molecule has 5 heteroatoms. The molecule has 0 bridgehead atoms. The smallest absolute Gasteiger partial charge is 0.512 e. The molecule has 13 heavy (non-hydrogen) atoms. The highest BCUT2D eigenvalue weighted by Gasteiger charge is 2.10. The summed E-state index contributed by atoms with van der Waals surface area (Å²) in [5.41, 5.74) is 0. The molecule has 0 spiro atoms. The molecule has 2 rings (SSSR count). The first-order valence-corrected chi connectivity index (χ1v) is 4.64. The predicted molar refractivity (Wildman–Crippen MR) is 52.6 cm³/mol. The summed E-state index contributed by atoms with van der Waals surface area (Å²) in [7, 11) is -1.75. The standard InChI is InChI=1S/C8H7BO3S/c10-9(11)12-7-1-2-8-6(5-7)3-4-13-8/h1-5,10-11H. The van der Waals surface area contributed by atoms with Gasteiger partial charge in [-0.1, -0.05) is 0 Å². The number of benzene rings is 1. The van der Waals surface area contributed by atoms with Crippen molar-refractivity contribution >= 4 is 28.7 Å². The maximum absolute atomic E-state index is 8.56. The van der Waals surface area contributed by atoms with Crippen LogP contribution in [-0.4, -0.2) is 17.4 Å². The summed E-state index contributed by atoms with van der Waals surface area (Å²) in [6.45, 7) is 0. The monoisotopic (exact) mass is 194 g/mol. The third kappa shape index (κ3) is 1.83. The molecule has 0 aliphatic rings. The molecular weight excluding hydrogens is 187 g/mol. The minimum Gasteiger partial charge on any atom is -0.512 e. The van der Waals surface area contributed by atoms with Gasteiger partial charge in [-0.3, -0.25) is 0 Å². The van der Waals surface area contributed by atoms with E-state index in [0.29, 0.717) is 5.75 Å². The fraction of sp³-hybridized carbons (Fsp3) is 0. The second-order valence-corrected chi connectivity index (χ2v) is 3.51. The van der Waals surface area contributed by atoms with Gasteiger partial charge in [0.15, 0.2) is 0 Å². The van der Waals surface area contributed by atoms with E-state index in [1.165, 1.54) is 0 Å². The summed E-state index contributed by atoms with van der Waals surface area (Å²) < 4.78 is 5.86. The van der Waals surface area contributed by atoms with E-state index in [2.05, 4.69) is 0 Å². The fourth-order valence-corrected chi connectivity index (χ4v) is 1.91. The van der Waals surface area contributed by atoms with Crippen LogP contribution in [0.1, 0.15) is 0 Å². The van der Waals surface area contributed by atoms with Crippen LogP contribution < -0.4 is 4.65 Å². The number of thiophene rings is 1. The molecular formula is C8H7BO3S. The summed E-state index contributed by atoms with van der Waals surface area (Å²) in [5.74, 6) is 0.459. The predicted octanol–water partition coefficient (Wildman–Crippen LogP) is 1.25. The molecule has 0 atom stereocenters. The molecule has 0 saturated carbocycles. The van der Waals surface area contributed by atoms with Crippen molar-refractivity contribution in [2.75, 3.05) is 0 Å². The van der Waals surface area contributed by atoms with Gasteiger partial charge in [-0.25, -0.2) is 0 Å². The summed E-state index contributed by atoms with van der Waals surface area (Å²) >= 11 is 1.63. The normalized spacial score (nSPS) is 10.3. The lowest BCUT2D eigenvalue weighted by Gasteiger charge is -2.03. The molecule has 66 valence electrons. The Kier molecular flexibility index (Phi) is 2.22. The van der Waals surface area contributed by atoms with E-state index in [4.69, 9.17) is 14.7 Å². The average molecular weight is 194 g/mol. The van der Waals surface area contributed by atoms with E-state index < -0.39 is 7.32 Å². The first-order chi connectivity index (χ1) is 6.25. The third-order valence-corrected chi connectivity index (χ3v) is 2.56. The Bertz CT molecular complexity index is 412. The maximum atomic E-state index is 8.56. The van der Waals surface area contributed by atoms with Gasteiger partial charge in [-0.05, 0) is 35.0 Å². The lowest BCUT2D eigenvalue weighted by atomic mass is 10.2. The van der Waals surface area contributed by atoms with E-state index in [0.717, 1.165) is 10.1 Å². The molecule has 0 aliphatic carbocycles. The Labute approximate surface area is 79.4 Å². The average Bonchev–Trinajstić information content (AvgIpc) is 2.49. The van der Waals surface area contributed by atoms with Crippen molar-refractivity contribution in [3.63, 3.8) is 0 Å². The van der Waals surface area contributed by atoms with E-state index >= 15 is 0 Å². The van der Waals surface area contributed by atoms with Gasteiger partial charge in [0.25, 0.3) is 0 Å². The molecule has 1 aromatic heterocycles. The zero-order chi connectivity index (χ0) is 9.26. The molecule has 0 aliphatic heterocycles. The second kappa shape index (κ2) is 3.37. The van der Waals surface area contributed by atoms with Crippen LogP contribution in [-0.2, 0) is 0 Å². The van der Waals surface area contributed by atoms with Crippen LogP contribution in [0.25, 0.3) is 10.1 Å². The second-order valence-electron chi connectivity index (χ2n) is 2.56. The zero-order valence-corrected chi connectivity index (χ0v) is 7.49. The van der Waals surface area contributed by atoms with Crippen molar-refractivity contribution in [3.05, 3.63) is 29.6 Å². The van der Waals surface area contributed by atoms with Crippen molar-refractivity contribution in [2.45, 2.75) is 0 Å². The van der Waals surface area contributed by atoms with E-state index in [1.807, 2.05) is 17.5 Å². The first kappa shape index (κ1) is 8.56. The van der Waals surface area contributed by atoms with Gasteiger partial charge in [0.1, 0.15) is 5.75 Å². The Morgan fingerprint density at radius 3 is 2.85 bits per heavy atom. The van der Waals surface area contributed by atoms with Crippen LogP contribution in [0.4, 0.5) is 0 Å². The largest absolute Gasteiger partial charge is 0.707 e. The summed E-state index contributed by atoms with van der Waals surface area (Å²) in [5, 5.41) is 20.1. The van der Waals surface area contributed by atoms with Crippen LogP contribution in [0.5, 0.6) is 5.75 Å². The zero-order valence-electron chi connectivity index (χ0n) is 6.68. The topological polar surface area (TPSA) is 49.7 Å². The summed E-state index contributed by atoms with van der Waals surface area (Å²) in [4.78, 5) is 0. The van der Waals surface area contributed by atoms with Crippen LogP contribution in [0, 0.1) is 0 Å². The minimum absolute atomic E-state index is 0.459. The molecule has 0 fully saturated rings. The van der Waals surface area contributed by atoms with Crippen molar-refractivity contribution < 1.29 is 14.7 Å². The molecule has 0 amide bonds. The van der Waals surface area contributed by atoms with Crippen LogP contribution >= 0.6 is 11.3 Å². The molecule has 1 heterocycles. The van der Waals surface area contributed by atoms with Gasteiger partial charge in [0.05, 0.1) is 0 Å². The Morgan fingerprint density at radius 1 is 1.23 bits per heavy atom. The SMILES string of the molecule is OB(O)Oc1ccc2sccc2c1. The maximum Gasteiger partial charge on any atom is 0.707 e. The highest BCUT2D eigenvalue weighted by atomic mass is 32.1. The van der Waals surface area contributed by atoms with Crippen molar-refractivity contribution in [3.8, 4) is 5.75 Å². The van der Waals surface area contributed by atoms with Gasteiger partial charge in [-0.15, -0.1) is 11.3 Å². The van der Waals surface area contributed by atoms with Crippen LogP contribution in [0.3, 0.4) is 0 Å². The lowest BCUT2D eigenvalue weighted by Crippen LogP contribution is -2.20. The van der Waals surface area contributed by atoms with E-state index in [-0.39, 0.29) is 0 Å². The highest BCUT2D eigenvalue weighted by molar-refractivity contribution is 7.17. The van der Waals surface area contributed by atoms with Crippen molar-refractivity contribution in [1.82, 2.24) is 0 Å². The van der Waals surface area contributed by atoms with Gasteiger partial charge in [-0.2, -0.15) is 0 Å². The van der Waals surface area contributed by atoms with Gasteiger partial charge in [0, 0.05) is 4.70 Å². The molecule has 0 radical (unpaired) electrons. The van der Waals surface area contributed by atoms with E-state index in [1.54, 1.807) is 23.5 Å². The fourth-order valence-electron chi connectivity index (χ4n) is 1.14. The summed E-state index contributed by atoms with van der Waals surface area (Å²) in [6, 6.07) is 7.32. The van der Waals surface area contributed by atoms with Gasteiger partial charge < -0.3 is 14.7 Å². The third-order valence-electron chi connectivity index (χ3n) is 1.67. The highest BCUT2D eigenvalue weighted by Crippen LogP contribution is 2.25. The van der Waals surface area contributed by atoms with Crippen molar-refractivity contribution in [1.29, 1.82) is 0 Å².